The first-order valence-electron chi connectivity index (χ1n) is 8.71. The second-order valence-electron chi connectivity index (χ2n) is 6.85. The van der Waals surface area contributed by atoms with E-state index in [1.807, 2.05) is 30.3 Å². The number of ketones is 1. The van der Waals surface area contributed by atoms with Gasteiger partial charge in [0.2, 0.25) is 5.78 Å². The molecule has 6 heteroatoms. The van der Waals surface area contributed by atoms with Crippen molar-refractivity contribution in [1.82, 2.24) is 0 Å². The van der Waals surface area contributed by atoms with Crippen LogP contribution in [0.1, 0.15) is 34.6 Å². The number of hydrogen-bond donors (Lipinski definition) is 0. The lowest BCUT2D eigenvalue weighted by atomic mass is 9.80. The van der Waals surface area contributed by atoms with Crippen molar-refractivity contribution in [2.24, 2.45) is 0 Å². The summed E-state index contributed by atoms with van der Waals surface area (Å²) in [6.45, 7) is 3.45. The summed E-state index contributed by atoms with van der Waals surface area (Å²) in [5.41, 5.74) is -0.130. The summed E-state index contributed by atoms with van der Waals surface area (Å²) in [6.07, 6.45) is 0. The van der Waals surface area contributed by atoms with Gasteiger partial charge in [-0.25, -0.2) is 0 Å². The normalized spacial score (nSPS) is 11.3. The van der Waals surface area contributed by atoms with Gasteiger partial charge >= 0.3 is 5.97 Å². The fourth-order valence-electron chi connectivity index (χ4n) is 3.18. The smallest absolute Gasteiger partial charge is 0.315 e. The van der Waals surface area contributed by atoms with E-state index in [0.29, 0.717) is 27.5 Å². The van der Waals surface area contributed by atoms with Crippen LogP contribution in [-0.4, -0.2) is 33.1 Å². The summed E-state index contributed by atoms with van der Waals surface area (Å²) in [7, 11) is 4.36. The average Bonchev–Trinajstić information content (AvgIpc) is 3.15. The van der Waals surface area contributed by atoms with Crippen molar-refractivity contribution in [3.05, 3.63) is 58.5 Å². The molecule has 0 saturated carbocycles. The first-order chi connectivity index (χ1) is 13.3. The lowest BCUT2D eigenvalue weighted by Crippen LogP contribution is -2.32. The summed E-state index contributed by atoms with van der Waals surface area (Å²) < 4.78 is 16.8. The van der Waals surface area contributed by atoms with E-state index in [0.717, 1.165) is 10.1 Å². The van der Waals surface area contributed by atoms with Crippen molar-refractivity contribution in [3.8, 4) is 11.5 Å². The number of methoxy groups -OCH3 is 3. The second-order valence-corrected chi connectivity index (χ2v) is 7.93. The number of ether oxygens (including phenoxy) is 3. The third-order valence-electron chi connectivity index (χ3n) is 4.79. The first kappa shape index (κ1) is 19.9. The Morgan fingerprint density at radius 1 is 0.929 bits per heavy atom. The minimum atomic E-state index is -1.05. The molecular formula is C22H22O5S. The number of carbonyl (C=O) groups is 2. The van der Waals surface area contributed by atoms with Crippen molar-refractivity contribution in [1.29, 1.82) is 0 Å². The Hall–Kier alpha value is -2.86. The van der Waals surface area contributed by atoms with Crippen LogP contribution in [0.15, 0.2) is 42.5 Å². The minimum absolute atomic E-state index is 0.172. The van der Waals surface area contributed by atoms with Gasteiger partial charge in [0.25, 0.3) is 0 Å². The van der Waals surface area contributed by atoms with Gasteiger partial charge in [-0.05, 0) is 49.1 Å². The van der Waals surface area contributed by atoms with Crippen LogP contribution in [0.5, 0.6) is 11.5 Å². The molecule has 0 radical (unpaired) electrons. The first-order valence-corrected chi connectivity index (χ1v) is 9.53. The quantitative estimate of drug-likeness (QED) is 0.449. The van der Waals surface area contributed by atoms with E-state index in [-0.39, 0.29) is 5.78 Å². The molecule has 0 spiro atoms. The Balaban J connectivity index is 2.22. The third-order valence-corrected chi connectivity index (χ3v) is 5.90. The van der Waals surface area contributed by atoms with Crippen molar-refractivity contribution in [2.75, 3.05) is 21.3 Å². The number of carbonyl (C=O) groups excluding carboxylic acids is 2. The highest BCUT2D eigenvalue weighted by Crippen LogP contribution is 2.39. The monoisotopic (exact) mass is 398 g/mol. The number of esters is 1. The zero-order valence-electron chi connectivity index (χ0n) is 16.5. The Morgan fingerprint density at radius 3 is 2.18 bits per heavy atom. The van der Waals surface area contributed by atoms with Crippen molar-refractivity contribution >= 4 is 33.2 Å². The van der Waals surface area contributed by atoms with Gasteiger partial charge in [-0.2, -0.15) is 0 Å². The van der Waals surface area contributed by atoms with Gasteiger partial charge < -0.3 is 14.2 Å². The molecule has 146 valence electrons. The summed E-state index contributed by atoms with van der Waals surface area (Å²) in [5, 5.41) is 1.00. The molecule has 1 heterocycles. The van der Waals surface area contributed by atoms with E-state index in [4.69, 9.17) is 14.2 Å². The Bertz CT molecular complexity index is 1020. The molecule has 2 aromatic carbocycles. The highest BCUT2D eigenvalue weighted by Gasteiger charge is 2.36. The van der Waals surface area contributed by atoms with Gasteiger partial charge in [0, 0.05) is 10.3 Å². The standard InChI is InChI=1S/C22H22O5S/c1-22(2,21(24)27-5)15-12-17(26-4)16(25-3)11-14(15)20(23)19-10-13-8-6-7-9-18(13)28-19/h6-12H,1-5H3. The van der Waals surface area contributed by atoms with E-state index in [2.05, 4.69) is 0 Å². The van der Waals surface area contributed by atoms with E-state index >= 15 is 0 Å². The predicted molar refractivity (Wildman–Crippen MR) is 110 cm³/mol. The zero-order chi connectivity index (χ0) is 20.5. The summed E-state index contributed by atoms with van der Waals surface area (Å²) >= 11 is 1.42. The number of thiophene rings is 1. The van der Waals surface area contributed by atoms with E-state index < -0.39 is 11.4 Å². The largest absolute Gasteiger partial charge is 0.493 e. The van der Waals surface area contributed by atoms with E-state index in [9.17, 15) is 9.59 Å². The van der Waals surface area contributed by atoms with Crippen LogP contribution in [-0.2, 0) is 14.9 Å². The van der Waals surface area contributed by atoms with Gasteiger partial charge in [-0.15, -0.1) is 11.3 Å². The molecule has 3 aromatic rings. The summed E-state index contributed by atoms with van der Waals surface area (Å²) in [6, 6.07) is 13.0. The number of fused-ring (bicyclic) bond motifs is 1. The SMILES string of the molecule is COC(=O)C(C)(C)c1cc(OC)c(OC)cc1C(=O)c1cc2ccccc2s1. The van der Waals surface area contributed by atoms with Crippen molar-refractivity contribution in [2.45, 2.75) is 19.3 Å². The minimum Gasteiger partial charge on any atom is -0.493 e. The topological polar surface area (TPSA) is 61.8 Å². The van der Waals surface area contributed by atoms with Crippen LogP contribution < -0.4 is 9.47 Å². The van der Waals surface area contributed by atoms with Crippen LogP contribution in [0, 0.1) is 0 Å². The molecule has 0 amide bonds. The lowest BCUT2D eigenvalue weighted by Gasteiger charge is -2.25. The van der Waals surface area contributed by atoms with Gasteiger partial charge in [0.05, 0.1) is 31.6 Å². The molecule has 28 heavy (non-hydrogen) atoms. The molecular weight excluding hydrogens is 376 g/mol. The third kappa shape index (κ3) is 3.36. The Morgan fingerprint density at radius 2 is 1.57 bits per heavy atom. The molecule has 0 aliphatic heterocycles. The maximum atomic E-state index is 13.4. The summed E-state index contributed by atoms with van der Waals surface area (Å²) in [5.74, 6) is 0.262. The highest BCUT2D eigenvalue weighted by atomic mass is 32.1. The van der Waals surface area contributed by atoms with Gasteiger partial charge in [-0.3, -0.25) is 9.59 Å². The highest BCUT2D eigenvalue weighted by molar-refractivity contribution is 7.21. The number of hydrogen-bond acceptors (Lipinski definition) is 6. The molecule has 0 aliphatic carbocycles. The molecule has 0 saturated heterocycles. The number of benzene rings is 2. The number of rotatable bonds is 6. The van der Waals surface area contributed by atoms with Crippen LogP contribution in [0.2, 0.25) is 0 Å². The molecule has 0 fully saturated rings. The Kier molecular flexibility index (Phi) is 5.42. The van der Waals surface area contributed by atoms with Gasteiger partial charge in [0.1, 0.15) is 0 Å². The molecule has 0 atom stereocenters. The van der Waals surface area contributed by atoms with E-state index in [1.54, 1.807) is 26.0 Å². The zero-order valence-corrected chi connectivity index (χ0v) is 17.3. The van der Waals surface area contributed by atoms with Crippen LogP contribution in [0.3, 0.4) is 0 Å². The predicted octanol–water partition coefficient (Wildman–Crippen LogP) is 4.60. The fourth-order valence-corrected chi connectivity index (χ4v) is 4.19. The fraction of sp³-hybridized carbons (Fsp3) is 0.273. The van der Waals surface area contributed by atoms with Crippen LogP contribution in [0.4, 0.5) is 0 Å². The molecule has 1 aromatic heterocycles. The summed E-state index contributed by atoms with van der Waals surface area (Å²) in [4.78, 5) is 26.5. The molecule has 0 N–H and O–H groups in total. The molecule has 5 nitrogen and oxygen atoms in total. The average molecular weight is 398 g/mol. The Labute approximate surface area is 167 Å². The van der Waals surface area contributed by atoms with Crippen molar-refractivity contribution in [3.63, 3.8) is 0 Å². The molecule has 0 aliphatic rings. The van der Waals surface area contributed by atoms with Gasteiger partial charge in [-0.1, -0.05) is 18.2 Å². The molecule has 0 unspecified atom stereocenters. The van der Waals surface area contributed by atoms with Crippen LogP contribution >= 0.6 is 11.3 Å². The van der Waals surface area contributed by atoms with Gasteiger partial charge in [0.15, 0.2) is 11.5 Å². The maximum Gasteiger partial charge on any atom is 0.315 e. The molecule has 0 bridgehead atoms. The molecule has 3 rings (SSSR count). The van der Waals surface area contributed by atoms with Crippen molar-refractivity contribution < 1.29 is 23.8 Å². The lowest BCUT2D eigenvalue weighted by molar-refractivity contribution is -0.146. The van der Waals surface area contributed by atoms with E-state index in [1.165, 1.54) is 32.7 Å². The maximum absolute atomic E-state index is 13.4. The second kappa shape index (κ2) is 7.64. The van der Waals surface area contributed by atoms with Crippen LogP contribution in [0.25, 0.3) is 10.1 Å².